The average Bonchev–Trinajstić information content (AvgIpc) is 3.49. The van der Waals surface area contributed by atoms with Crippen LogP contribution in [0, 0.1) is 0 Å². The molecule has 0 atom stereocenters. The van der Waals surface area contributed by atoms with Gasteiger partial charge in [-0.05, 0) is 75.2 Å². The monoisotopic (exact) mass is 554 g/mol. The number of hydrogen-bond acceptors (Lipinski definition) is 7. The highest BCUT2D eigenvalue weighted by Gasteiger charge is 2.25. The predicted molar refractivity (Wildman–Crippen MR) is 159 cm³/mol. The Morgan fingerprint density at radius 2 is 1.68 bits per heavy atom. The third-order valence-corrected chi connectivity index (χ3v) is 8.52. The summed E-state index contributed by atoms with van der Waals surface area (Å²) in [5.74, 6) is 0.844. The van der Waals surface area contributed by atoms with Gasteiger partial charge in [-0.3, -0.25) is 9.20 Å². The number of benzene rings is 2. The molecule has 0 radical (unpaired) electrons. The highest BCUT2D eigenvalue weighted by Crippen LogP contribution is 2.27. The van der Waals surface area contributed by atoms with Crippen molar-refractivity contribution in [3.8, 4) is 5.69 Å². The summed E-state index contributed by atoms with van der Waals surface area (Å²) in [6.07, 6.45) is 11.5. The molecule has 0 spiro atoms. The summed E-state index contributed by atoms with van der Waals surface area (Å²) < 4.78 is 3.28. The topological polar surface area (TPSA) is 83.6 Å². The van der Waals surface area contributed by atoms with Gasteiger partial charge in [-0.15, -0.1) is 0 Å². The van der Waals surface area contributed by atoms with E-state index in [1.54, 1.807) is 35.1 Å². The fourth-order valence-electron chi connectivity index (χ4n) is 6.11. The van der Waals surface area contributed by atoms with Crippen LogP contribution in [0.15, 0.2) is 71.9 Å². The van der Waals surface area contributed by atoms with Crippen LogP contribution in [-0.4, -0.2) is 61.0 Å². The van der Waals surface area contributed by atoms with Gasteiger partial charge >= 0.3 is 0 Å². The molecule has 2 aliphatic heterocycles. The quantitative estimate of drug-likeness (QED) is 0.316. The Hall–Kier alpha value is -3.95. The van der Waals surface area contributed by atoms with Crippen molar-refractivity contribution in [3.63, 3.8) is 0 Å². The highest BCUT2D eigenvalue weighted by atomic mass is 35.5. The minimum atomic E-state index is -0.276. The minimum Gasteiger partial charge on any atom is -0.371 e. The molecule has 5 heterocycles. The summed E-state index contributed by atoms with van der Waals surface area (Å²) in [6, 6.07) is 16.4. The van der Waals surface area contributed by atoms with Crippen LogP contribution in [0.2, 0.25) is 5.02 Å². The SMILES string of the molecule is O=c1c2cnc(Nc3ccc(N4CCC(N5CCCCC5)CC4)cc3)nc2n2ccnc2n1-c1ccccc1Cl. The number of hydrogen-bond donors (Lipinski definition) is 1. The zero-order valence-electron chi connectivity index (χ0n) is 22.2. The second-order valence-electron chi connectivity index (χ2n) is 10.6. The van der Waals surface area contributed by atoms with E-state index in [9.17, 15) is 4.79 Å². The van der Waals surface area contributed by atoms with Crippen molar-refractivity contribution in [2.75, 3.05) is 36.4 Å². The zero-order chi connectivity index (χ0) is 27.1. The molecule has 0 aliphatic carbocycles. The zero-order valence-corrected chi connectivity index (χ0v) is 23.0. The lowest BCUT2D eigenvalue weighted by Gasteiger charge is -2.41. The van der Waals surface area contributed by atoms with E-state index in [2.05, 4.69) is 49.4 Å². The predicted octanol–water partition coefficient (Wildman–Crippen LogP) is 5.28. The molecule has 0 bridgehead atoms. The maximum atomic E-state index is 13.5. The largest absolute Gasteiger partial charge is 0.371 e. The van der Waals surface area contributed by atoms with Crippen molar-refractivity contribution in [1.82, 2.24) is 28.8 Å². The Morgan fingerprint density at radius 3 is 2.45 bits per heavy atom. The Bertz CT molecular complexity index is 1720. The normalized spacial score (nSPS) is 17.1. The van der Waals surface area contributed by atoms with Gasteiger partial charge in [-0.1, -0.05) is 30.2 Å². The lowest BCUT2D eigenvalue weighted by Crippen LogP contribution is -2.46. The van der Waals surface area contributed by atoms with Crippen LogP contribution in [0.25, 0.3) is 22.5 Å². The van der Waals surface area contributed by atoms with Crippen molar-refractivity contribution in [1.29, 1.82) is 0 Å². The molecule has 5 aromatic rings. The fraction of sp³-hybridized carbons (Fsp3) is 0.333. The van der Waals surface area contributed by atoms with Crippen LogP contribution in [0.3, 0.4) is 0 Å². The summed E-state index contributed by atoms with van der Waals surface area (Å²) in [5.41, 5.74) is 2.89. The number of nitrogens with zero attached hydrogens (tertiary/aromatic N) is 7. The highest BCUT2D eigenvalue weighted by molar-refractivity contribution is 6.32. The summed E-state index contributed by atoms with van der Waals surface area (Å²) in [4.78, 5) is 32.3. The Labute approximate surface area is 237 Å². The second kappa shape index (κ2) is 10.6. The third kappa shape index (κ3) is 4.59. The molecule has 0 saturated carbocycles. The molecule has 9 nitrogen and oxygen atoms in total. The molecule has 7 rings (SSSR count). The molecule has 10 heteroatoms. The van der Waals surface area contributed by atoms with E-state index in [0.717, 1.165) is 24.8 Å². The number of nitrogens with one attached hydrogen (secondary N) is 1. The summed E-state index contributed by atoms with van der Waals surface area (Å²) in [6.45, 7) is 4.72. The van der Waals surface area contributed by atoms with Crippen molar-refractivity contribution >= 4 is 45.7 Å². The van der Waals surface area contributed by atoms with Crippen molar-refractivity contribution in [2.45, 2.75) is 38.1 Å². The van der Waals surface area contributed by atoms with Crippen LogP contribution >= 0.6 is 11.6 Å². The summed E-state index contributed by atoms with van der Waals surface area (Å²) in [5, 5.41) is 4.13. The lowest BCUT2D eigenvalue weighted by atomic mass is 9.99. The number of piperidine rings is 2. The van der Waals surface area contributed by atoms with Crippen LogP contribution in [0.5, 0.6) is 0 Å². The van der Waals surface area contributed by atoms with Crippen molar-refractivity contribution in [3.05, 3.63) is 82.5 Å². The number of likely N-dealkylation sites (tertiary alicyclic amines) is 1. The Kier molecular flexibility index (Phi) is 6.61. The number of halogens is 1. The molecule has 40 heavy (non-hydrogen) atoms. The summed E-state index contributed by atoms with van der Waals surface area (Å²) >= 11 is 6.42. The Balaban J connectivity index is 1.11. The van der Waals surface area contributed by atoms with Crippen molar-refractivity contribution < 1.29 is 0 Å². The van der Waals surface area contributed by atoms with Gasteiger partial charge < -0.3 is 15.1 Å². The molecule has 1 N–H and O–H groups in total. The lowest BCUT2D eigenvalue weighted by molar-refractivity contribution is 0.141. The van der Waals surface area contributed by atoms with Crippen LogP contribution < -0.4 is 15.8 Å². The van der Waals surface area contributed by atoms with Crippen molar-refractivity contribution in [2.24, 2.45) is 0 Å². The molecule has 2 fully saturated rings. The molecule has 204 valence electrons. The van der Waals surface area contributed by atoms with Gasteiger partial charge in [0.2, 0.25) is 11.7 Å². The number of para-hydroxylation sites is 1. The Morgan fingerprint density at radius 1 is 0.900 bits per heavy atom. The van der Waals surface area contributed by atoms with E-state index in [0.29, 0.717) is 33.5 Å². The molecule has 3 aromatic heterocycles. The number of imidazole rings is 1. The summed E-state index contributed by atoms with van der Waals surface area (Å²) in [7, 11) is 0. The van der Waals surface area contributed by atoms with E-state index >= 15 is 0 Å². The maximum absolute atomic E-state index is 13.5. The molecule has 2 aromatic carbocycles. The van der Waals surface area contributed by atoms with Gasteiger partial charge in [0, 0.05) is 49.1 Å². The third-order valence-electron chi connectivity index (χ3n) is 8.21. The average molecular weight is 555 g/mol. The van der Waals surface area contributed by atoms with Gasteiger partial charge in [0.1, 0.15) is 5.39 Å². The van der Waals surface area contributed by atoms with Gasteiger partial charge in [0.25, 0.3) is 5.56 Å². The number of aromatic nitrogens is 5. The first-order chi connectivity index (χ1) is 19.7. The molecule has 0 unspecified atom stereocenters. The fourth-order valence-corrected chi connectivity index (χ4v) is 6.33. The number of rotatable bonds is 5. The molecular formula is C30H31ClN8O. The smallest absolute Gasteiger partial charge is 0.270 e. The van der Waals surface area contributed by atoms with Gasteiger partial charge in [-0.25, -0.2) is 14.5 Å². The number of fused-ring (bicyclic) bond motifs is 3. The minimum absolute atomic E-state index is 0.276. The first-order valence-corrected chi connectivity index (χ1v) is 14.4. The second-order valence-corrected chi connectivity index (χ2v) is 11.0. The molecule has 0 amide bonds. The van der Waals surface area contributed by atoms with Gasteiger partial charge in [0.05, 0.1) is 10.7 Å². The first-order valence-electron chi connectivity index (χ1n) is 14.0. The van der Waals surface area contributed by atoms with Crippen LogP contribution in [0.4, 0.5) is 17.3 Å². The maximum Gasteiger partial charge on any atom is 0.270 e. The molecular weight excluding hydrogens is 524 g/mol. The van der Waals surface area contributed by atoms with E-state index in [4.69, 9.17) is 16.6 Å². The van der Waals surface area contributed by atoms with E-state index in [1.807, 2.05) is 12.1 Å². The van der Waals surface area contributed by atoms with E-state index in [1.165, 1.54) is 55.4 Å². The first kappa shape index (κ1) is 25.0. The number of anilines is 3. The van der Waals surface area contributed by atoms with Gasteiger partial charge in [-0.2, -0.15) is 4.98 Å². The van der Waals surface area contributed by atoms with Crippen LogP contribution in [0.1, 0.15) is 32.1 Å². The van der Waals surface area contributed by atoms with E-state index in [-0.39, 0.29) is 5.56 Å². The molecule has 2 saturated heterocycles. The van der Waals surface area contributed by atoms with Crippen LogP contribution in [-0.2, 0) is 0 Å². The molecule has 2 aliphatic rings. The van der Waals surface area contributed by atoms with Gasteiger partial charge in [0.15, 0.2) is 5.65 Å². The standard InChI is InChI=1S/C30H31ClN8O/c31-25-6-2-3-7-26(25)39-28(40)24-20-33-29(35-27(24)38-19-14-32-30(38)39)34-21-8-10-22(11-9-21)37-17-12-23(13-18-37)36-15-4-1-5-16-36/h2-3,6-11,14,19-20,23H,1,4-5,12-13,15-18H2,(H,33,34,35). The van der Waals surface area contributed by atoms with E-state index < -0.39 is 0 Å².